The lowest BCUT2D eigenvalue weighted by Gasteiger charge is -2.51. The van der Waals surface area contributed by atoms with Gasteiger partial charge in [0, 0.05) is 17.4 Å². The highest BCUT2D eigenvalue weighted by Gasteiger charge is 2.52. The average Bonchev–Trinajstić information content (AvgIpc) is 2.97. The molecule has 0 atom stereocenters. The molecule has 1 aliphatic rings. The average molecular weight is 514 g/mol. The van der Waals surface area contributed by atoms with Crippen molar-refractivity contribution in [2.45, 2.75) is 57.0 Å². The van der Waals surface area contributed by atoms with Gasteiger partial charge in [0.05, 0.1) is 12.5 Å². The molecule has 1 saturated heterocycles. The molecule has 3 aromatic rings. The Kier molecular flexibility index (Phi) is 8.49. The third-order valence-electron chi connectivity index (χ3n) is 8.39. The molecule has 1 heterocycles. The number of carbonyl (C=O) groups is 2. The molecule has 0 aliphatic carbocycles. The number of methoxy groups -OCH3 is 1. The third-order valence-corrected chi connectivity index (χ3v) is 8.39. The zero-order chi connectivity index (χ0) is 27.2. The van der Waals surface area contributed by atoms with Crippen molar-refractivity contribution in [1.29, 1.82) is 0 Å². The van der Waals surface area contributed by atoms with Gasteiger partial charge < -0.3 is 15.2 Å². The van der Waals surface area contributed by atoms with Crippen LogP contribution >= 0.6 is 0 Å². The lowest BCUT2D eigenvalue weighted by Crippen LogP contribution is -2.52. The van der Waals surface area contributed by atoms with E-state index in [0.717, 1.165) is 49.0 Å². The van der Waals surface area contributed by atoms with E-state index in [-0.39, 0.29) is 11.8 Å². The van der Waals surface area contributed by atoms with Crippen molar-refractivity contribution in [2.24, 2.45) is 5.41 Å². The van der Waals surface area contributed by atoms with E-state index in [1.165, 1.54) is 7.11 Å². The van der Waals surface area contributed by atoms with Crippen LogP contribution in [0.5, 0.6) is 0 Å². The predicted molar refractivity (Wildman–Crippen MR) is 150 cm³/mol. The molecule has 1 fully saturated rings. The Balaban J connectivity index is 1.55. The summed E-state index contributed by atoms with van der Waals surface area (Å²) in [4.78, 5) is 25.3. The van der Waals surface area contributed by atoms with Crippen LogP contribution in [0.1, 0.15) is 73.0 Å². The number of esters is 1. The zero-order valence-corrected chi connectivity index (χ0v) is 22.7. The summed E-state index contributed by atoms with van der Waals surface area (Å²) >= 11 is 0. The minimum absolute atomic E-state index is 0.0690. The monoisotopic (exact) mass is 513 g/mol. The SMILES string of the molecule is COC(=O)C(C)(C)c1ccc(C(=O)CCCC2(C(O)(c3ccccc3)c3ccccc3)CCNCC2)cc1. The fourth-order valence-corrected chi connectivity index (χ4v) is 6.01. The molecule has 0 spiro atoms. The van der Waals surface area contributed by atoms with Crippen LogP contribution in [-0.2, 0) is 20.5 Å². The molecule has 0 saturated carbocycles. The Labute approximate surface area is 226 Å². The highest BCUT2D eigenvalue weighted by molar-refractivity contribution is 5.96. The number of benzene rings is 3. The lowest BCUT2D eigenvalue weighted by molar-refractivity contribution is -0.146. The largest absolute Gasteiger partial charge is 0.468 e. The maximum absolute atomic E-state index is 13.2. The van der Waals surface area contributed by atoms with Crippen molar-refractivity contribution >= 4 is 11.8 Å². The smallest absolute Gasteiger partial charge is 0.315 e. The molecule has 0 bridgehead atoms. The molecule has 5 heteroatoms. The van der Waals surface area contributed by atoms with E-state index in [9.17, 15) is 14.7 Å². The van der Waals surface area contributed by atoms with Crippen LogP contribution in [0.2, 0.25) is 0 Å². The maximum Gasteiger partial charge on any atom is 0.315 e. The van der Waals surface area contributed by atoms with E-state index < -0.39 is 16.4 Å². The number of piperidine rings is 1. The highest BCUT2D eigenvalue weighted by Crippen LogP contribution is 2.53. The van der Waals surface area contributed by atoms with Crippen molar-refractivity contribution < 1.29 is 19.4 Å². The van der Waals surface area contributed by atoms with Crippen molar-refractivity contribution in [2.75, 3.05) is 20.2 Å². The normalized spacial score (nSPS) is 15.6. The second kappa shape index (κ2) is 11.6. The van der Waals surface area contributed by atoms with Gasteiger partial charge in [0.1, 0.15) is 5.60 Å². The lowest BCUT2D eigenvalue weighted by atomic mass is 9.58. The topological polar surface area (TPSA) is 75.6 Å². The van der Waals surface area contributed by atoms with E-state index in [0.29, 0.717) is 18.4 Å². The fraction of sp³-hybridized carbons (Fsp3) is 0.394. The Morgan fingerprint density at radius 1 is 0.842 bits per heavy atom. The summed E-state index contributed by atoms with van der Waals surface area (Å²) in [5.74, 6) is -0.243. The van der Waals surface area contributed by atoms with Crippen molar-refractivity contribution in [3.63, 3.8) is 0 Å². The second-order valence-electron chi connectivity index (χ2n) is 10.9. The van der Waals surface area contributed by atoms with Crippen LogP contribution < -0.4 is 5.32 Å². The van der Waals surface area contributed by atoms with Crippen LogP contribution in [0.25, 0.3) is 0 Å². The molecule has 0 amide bonds. The molecule has 1 aliphatic heterocycles. The van der Waals surface area contributed by atoms with Gasteiger partial charge in [-0.3, -0.25) is 9.59 Å². The summed E-state index contributed by atoms with van der Waals surface area (Å²) in [6, 6.07) is 27.2. The number of nitrogens with one attached hydrogen (secondary N) is 1. The number of rotatable bonds is 10. The van der Waals surface area contributed by atoms with Crippen LogP contribution in [0.15, 0.2) is 84.9 Å². The molecule has 0 aromatic heterocycles. The third kappa shape index (κ3) is 5.31. The molecule has 2 N–H and O–H groups in total. The number of hydrogen-bond acceptors (Lipinski definition) is 5. The maximum atomic E-state index is 13.2. The molecular weight excluding hydrogens is 474 g/mol. The standard InChI is InChI=1S/C33H39NO4/c1-31(2,30(36)38-3)26-18-16-25(17-19-26)29(35)15-10-20-32(21-23-34-24-22-32)33(37,27-11-6-4-7-12-27)28-13-8-5-9-14-28/h4-9,11-14,16-19,34,37H,10,15,20-24H2,1-3H3. The molecule has 200 valence electrons. The Morgan fingerprint density at radius 3 is 1.87 bits per heavy atom. The molecule has 4 rings (SSSR count). The minimum Gasteiger partial charge on any atom is -0.468 e. The van der Waals surface area contributed by atoms with Crippen LogP contribution in [0, 0.1) is 5.41 Å². The summed E-state index contributed by atoms with van der Waals surface area (Å²) in [5.41, 5.74) is 0.876. The van der Waals surface area contributed by atoms with Crippen molar-refractivity contribution in [3.8, 4) is 0 Å². The molecular formula is C33H39NO4. The number of aliphatic hydroxyl groups is 1. The van der Waals surface area contributed by atoms with Crippen molar-refractivity contribution in [1.82, 2.24) is 5.32 Å². The second-order valence-corrected chi connectivity index (χ2v) is 10.9. The Hall–Kier alpha value is -3.28. The summed E-state index contributed by atoms with van der Waals surface area (Å²) in [6.45, 7) is 5.28. The predicted octanol–water partition coefficient (Wildman–Crippen LogP) is 5.80. The molecule has 3 aromatic carbocycles. The van der Waals surface area contributed by atoms with Crippen LogP contribution in [-0.4, -0.2) is 37.1 Å². The minimum atomic E-state index is -1.16. The van der Waals surface area contributed by atoms with Gasteiger partial charge in [-0.1, -0.05) is 84.9 Å². The van der Waals surface area contributed by atoms with Gasteiger partial charge in [0.2, 0.25) is 0 Å². The quantitative estimate of drug-likeness (QED) is 0.265. The first-order chi connectivity index (χ1) is 18.2. The van der Waals surface area contributed by atoms with Crippen LogP contribution in [0.3, 0.4) is 0 Å². The van der Waals surface area contributed by atoms with Crippen LogP contribution in [0.4, 0.5) is 0 Å². The van der Waals surface area contributed by atoms with Gasteiger partial charge >= 0.3 is 5.97 Å². The summed E-state index contributed by atoms with van der Waals surface area (Å²) in [7, 11) is 1.38. The van der Waals surface area contributed by atoms with E-state index in [4.69, 9.17) is 4.74 Å². The molecule has 0 radical (unpaired) electrons. The van der Waals surface area contributed by atoms with Gasteiger partial charge in [0.25, 0.3) is 0 Å². The number of Topliss-reactive ketones (excluding diaryl/α,β-unsaturated/α-hetero) is 1. The van der Waals surface area contributed by atoms with E-state index in [2.05, 4.69) is 5.32 Å². The molecule has 38 heavy (non-hydrogen) atoms. The first kappa shape index (κ1) is 27.7. The van der Waals surface area contributed by atoms with Crippen molar-refractivity contribution in [3.05, 3.63) is 107 Å². The van der Waals surface area contributed by atoms with Gasteiger partial charge in [0.15, 0.2) is 5.78 Å². The Morgan fingerprint density at radius 2 is 1.37 bits per heavy atom. The summed E-state index contributed by atoms with van der Waals surface area (Å²) in [5, 5.41) is 16.1. The fourth-order valence-electron chi connectivity index (χ4n) is 6.01. The van der Waals surface area contributed by atoms with E-state index in [1.54, 1.807) is 12.1 Å². The van der Waals surface area contributed by atoms with Gasteiger partial charge in [-0.25, -0.2) is 0 Å². The zero-order valence-electron chi connectivity index (χ0n) is 22.7. The number of hydrogen-bond donors (Lipinski definition) is 2. The van der Waals surface area contributed by atoms with E-state index >= 15 is 0 Å². The number of ether oxygens (including phenoxy) is 1. The van der Waals surface area contributed by atoms with Gasteiger partial charge in [-0.05, 0) is 69.3 Å². The molecule has 0 unspecified atom stereocenters. The molecule has 5 nitrogen and oxygen atoms in total. The number of ketones is 1. The first-order valence-electron chi connectivity index (χ1n) is 13.5. The summed E-state index contributed by atoms with van der Waals surface area (Å²) < 4.78 is 4.93. The highest BCUT2D eigenvalue weighted by atomic mass is 16.5. The Bertz CT molecular complexity index is 1170. The van der Waals surface area contributed by atoms with Gasteiger partial charge in [-0.2, -0.15) is 0 Å². The van der Waals surface area contributed by atoms with Gasteiger partial charge in [-0.15, -0.1) is 0 Å². The number of carbonyl (C=O) groups excluding carboxylic acids is 2. The summed E-state index contributed by atoms with van der Waals surface area (Å²) in [6.07, 6.45) is 3.44. The first-order valence-corrected chi connectivity index (χ1v) is 13.5. The van der Waals surface area contributed by atoms with E-state index in [1.807, 2.05) is 86.6 Å².